The van der Waals surface area contributed by atoms with Crippen LogP contribution in [-0.4, -0.2) is 50.6 Å². The number of ether oxygens (including phenoxy) is 1. The van der Waals surface area contributed by atoms with E-state index in [1.807, 2.05) is 0 Å². The minimum absolute atomic E-state index is 0.00593. The molecule has 1 aromatic carbocycles. The van der Waals surface area contributed by atoms with Crippen molar-refractivity contribution in [2.24, 2.45) is 5.92 Å². The number of amides is 2. The number of likely N-dealkylation sites (tertiary alicyclic amines) is 1. The highest BCUT2D eigenvalue weighted by atomic mass is 35.5. The number of carbonyl (C=O) groups is 2. The van der Waals surface area contributed by atoms with Crippen LogP contribution in [0.3, 0.4) is 0 Å². The number of fused-ring (bicyclic) bond motifs is 1. The van der Waals surface area contributed by atoms with Gasteiger partial charge in [0.15, 0.2) is 16.4 Å². The third-order valence-corrected chi connectivity index (χ3v) is 6.77. The normalized spacial score (nSPS) is 20.2. The van der Waals surface area contributed by atoms with Crippen LogP contribution in [0.25, 0.3) is 0 Å². The molecule has 2 aliphatic rings. The molecule has 2 aliphatic heterocycles. The van der Waals surface area contributed by atoms with Gasteiger partial charge >= 0.3 is 0 Å². The second kappa shape index (κ2) is 7.44. The van der Waals surface area contributed by atoms with Gasteiger partial charge < -0.3 is 15.0 Å². The molecule has 7 nitrogen and oxygen atoms in total. The number of anilines is 1. The molecule has 0 unspecified atom stereocenters. The van der Waals surface area contributed by atoms with Gasteiger partial charge in [-0.25, -0.2) is 8.42 Å². The molecular formula is C17H21ClN2O5S. The van der Waals surface area contributed by atoms with Gasteiger partial charge in [0.2, 0.25) is 5.91 Å². The van der Waals surface area contributed by atoms with Crippen molar-refractivity contribution in [1.82, 2.24) is 4.90 Å². The summed E-state index contributed by atoms with van der Waals surface area (Å²) in [6, 6.07) is 2.66. The number of halogens is 1. The van der Waals surface area contributed by atoms with Crippen molar-refractivity contribution in [2.75, 3.05) is 30.8 Å². The smallest absolute Gasteiger partial charge is 0.262 e. The van der Waals surface area contributed by atoms with E-state index in [4.69, 9.17) is 16.3 Å². The van der Waals surface area contributed by atoms with Crippen LogP contribution >= 0.6 is 11.6 Å². The molecule has 1 saturated heterocycles. The third-order valence-electron chi connectivity index (χ3n) is 4.60. The third kappa shape index (κ3) is 4.12. The van der Waals surface area contributed by atoms with Crippen molar-refractivity contribution in [3.8, 4) is 5.75 Å². The van der Waals surface area contributed by atoms with Gasteiger partial charge in [-0.2, -0.15) is 0 Å². The van der Waals surface area contributed by atoms with Gasteiger partial charge in [0.1, 0.15) is 5.75 Å². The molecule has 2 heterocycles. The highest BCUT2D eigenvalue weighted by molar-refractivity contribution is 7.91. The summed E-state index contributed by atoms with van der Waals surface area (Å²) in [7, 11) is -3.76. The van der Waals surface area contributed by atoms with Crippen molar-refractivity contribution in [3.63, 3.8) is 0 Å². The Labute approximate surface area is 157 Å². The zero-order valence-electron chi connectivity index (χ0n) is 14.5. The predicted octanol–water partition coefficient (Wildman–Crippen LogP) is 2.09. The Morgan fingerprint density at radius 2 is 2.19 bits per heavy atom. The van der Waals surface area contributed by atoms with Crippen molar-refractivity contribution >= 4 is 38.9 Å². The molecule has 1 fully saturated rings. The van der Waals surface area contributed by atoms with Crippen LogP contribution in [-0.2, 0) is 19.4 Å². The summed E-state index contributed by atoms with van der Waals surface area (Å²) >= 11 is 6.10. The highest BCUT2D eigenvalue weighted by Crippen LogP contribution is 2.36. The fraction of sp³-hybridized carbons (Fsp3) is 0.529. The van der Waals surface area contributed by atoms with Crippen molar-refractivity contribution in [3.05, 3.63) is 17.2 Å². The fourth-order valence-electron chi connectivity index (χ4n) is 3.23. The van der Waals surface area contributed by atoms with Gasteiger partial charge in [-0.3, -0.25) is 9.59 Å². The lowest BCUT2D eigenvalue weighted by Crippen LogP contribution is -2.39. The molecule has 0 spiro atoms. The van der Waals surface area contributed by atoms with Crippen molar-refractivity contribution in [1.29, 1.82) is 0 Å². The van der Waals surface area contributed by atoms with Crippen LogP contribution in [0, 0.1) is 5.92 Å². The Morgan fingerprint density at radius 1 is 1.42 bits per heavy atom. The minimum atomic E-state index is -3.76. The monoisotopic (exact) mass is 400 g/mol. The molecule has 1 aromatic rings. The fourth-order valence-corrected chi connectivity index (χ4v) is 5.05. The van der Waals surface area contributed by atoms with E-state index in [2.05, 4.69) is 12.2 Å². The predicted molar refractivity (Wildman–Crippen MR) is 97.2 cm³/mol. The molecule has 2 amide bonds. The number of sulfone groups is 1. The zero-order chi connectivity index (χ0) is 18.9. The first kappa shape index (κ1) is 19.0. The summed E-state index contributed by atoms with van der Waals surface area (Å²) in [6.07, 6.45) is 1.95. The lowest BCUT2D eigenvalue weighted by molar-refractivity contribution is -0.132. The lowest BCUT2D eigenvalue weighted by atomic mass is 10.0. The van der Waals surface area contributed by atoms with Gasteiger partial charge in [-0.05, 0) is 24.8 Å². The molecule has 0 aliphatic carbocycles. The zero-order valence-corrected chi connectivity index (χ0v) is 16.0. The Morgan fingerprint density at radius 3 is 2.92 bits per heavy atom. The number of piperidine rings is 1. The van der Waals surface area contributed by atoms with Gasteiger partial charge in [0, 0.05) is 25.6 Å². The van der Waals surface area contributed by atoms with E-state index in [0.717, 1.165) is 12.8 Å². The summed E-state index contributed by atoms with van der Waals surface area (Å²) in [6.45, 7) is 3.25. The molecule has 9 heteroatoms. The largest absolute Gasteiger partial charge is 0.482 e. The molecule has 3 rings (SSSR count). The molecule has 142 valence electrons. The first-order chi connectivity index (χ1) is 12.3. The van der Waals surface area contributed by atoms with E-state index in [1.165, 1.54) is 12.1 Å². The van der Waals surface area contributed by atoms with E-state index in [9.17, 15) is 18.0 Å². The van der Waals surface area contributed by atoms with Gasteiger partial charge in [0.05, 0.1) is 21.4 Å². The topological polar surface area (TPSA) is 92.8 Å². The molecule has 1 atom stereocenters. The van der Waals surface area contributed by atoms with Crippen molar-refractivity contribution < 1.29 is 22.7 Å². The average molecular weight is 401 g/mol. The first-order valence-corrected chi connectivity index (χ1v) is 10.6. The van der Waals surface area contributed by atoms with Gasteiger partial charge in [-0.1, -0.05) is 18.5 Å². The highest BCUT2D eigenvalue weighted by Gasteiger charge is 2.27. The molecule has 26 heavy (non-hydrogen) atoms. The van der Waals surface area contributed by atoms with Crippen LogP contribution in [0.5, 0.6) is 5.75 Å². The minimum Gasteiger partial charge on any atom is -0.482 e. The van der Waals surface area contributed by atoms with Crippen LogP contribution in [0.15, 0.2) is 17.0 Å². The molecular weight excluding hydrogens is 380 g/mol. The maximum absolute atomic E-state index is 12.7. The number of carbonyl (C=O) groups excluding carboxylic acids is 2. The summed E-state index contributed by atoms with van der Waals surface area (Å²) in [5.41, 5.74) is 0.337. The lowest BCUT2D eigenvalue weighted by Gasteiger charge is -2.31. The molecule has 0 radical (unpaired) electrons. The Kier molecular flexibility index (Phi) is 5.43. The van der Waals surface area contributed by atoms with E-state index >= 15 is 0 Å². The molecule has 0 bridgehead atoms. The van der Waals surface area contributed by atoms with Crippen molar-refractivity contribution in [2.45, 2.75) is 31.1 Å². The first-order valence-electron chi connectivity index (χ1n) is 8.53. The Balaban J connectivity index is 1.72. The van der Waals surface area contributed by atoms with Crippen LogP contribution < -0.4 is 10.1 Å². The van der Waals surface area contributed by atoms with Crippen LogP contribution in [0.1, 0.15) is 26.2 Å². The number of benzene rings is 1. The second-order valence-electron chi connectivity index (χ2n) is 6.77. The standard InChI is InChI=1S/C17H21ClN2O5S/c1-11-3-2-5-20(9-11)17(22)4-6-26(23,24)15-8-14-13(7-12(15)18)19-16(21)10-25-14/h7-8,11H,2-6,9-10H2,1H3,(H,19,21)/t11-/m1/s1. The van der Waals surface area contributed by atoms with E-state index < -0.39 is 9.84 Å². The molecule has 1 N–H and O–H groups in total. The number of nitrogens with one attached hydrogen (secondary N) is 1. The second-order valence-corrected chi connectivity index (χ2v) is 9.26. The van der Waals surface area contributed by atoms with Gasteiger partial charge in [0.25, 0.3) is 5.91 Å². The van der Waals surface area contributed by atoms with Crippen LogP contribution in [0.4, 0.5) is 5.69 Å². The maximum atomic E-state index is 12.7. The number of hydrogen-bond acceptors (Lipinski definition) is 5. The summed E-state index contributed by atoms with van der Waals surface area (Å²) in [5, 5.41) is 2.57. The average Bonchev–Trinajstić information content (AvgIpc) is 2.59. The number of rotatable bonds is 4. The Hall–Kier alpha value is -1.80. The molecule has 0 aromatic heterocycles. The molecule has 0 saturated carbocycles. The maximum Gasteiger partial charge on any atom is 0.262 e. The van der Waals surface area contributed by atoms with Crippen LogP contribution in [0.2, 0.25) is 5.02 Å². The summed E-state index contributed by atoms with van der Waals surface area (Å²) < 4.78 is 30.6. The van der Waals surface area contributed by atoms with E-state index in [0.29, 0.717) is 24.7 Å². The number of nitrogens with zero attached hydrogens (tertiary/aromatic N) is 1. The quantitative estimate of drug-likeness (QED) is 0.835. The Bertz CT molecular complexity index is 840. The number of hydrogen-bond donors (Lipinski definition) is 1. The summed E-state index contributed by atoms with van der Waals surface area (Å²) in [5.74, 6) is -0.111. The summed E-state index contributed by atoms with van der Waals surface area (Å²) in [4.78, 5) is 25.3. The van der Waals surface area contributed by atoms with Gasteiger partial charge in [-0.15, -0.1) is 0 Å². The SMILES string of the molecule is C[C@@H]1CCCN(C(=O)CCS(=O)(=O)c2cc3c(cc2Cl)NC(=O)CO3)C1. The van der Waals surface area contributed by atoms with E-state index in [1.54, 1.807) is 4.90 Å². The van der Waals surface area contributed by atoms with E-state index in [-0.39, 0.29) is 46.3 Å².